The van der Waals surface area contributed by atoms with Gasteiger partial charge in [-0.2, -0.15) is 0 Å². The Morgan fingerprint density at radius 2 is 1.80 bits per heavy atom. The first kappa shape index (κ1) is 21.9. The van der Waals surface area contributed by atoms with Crippen molar-refractivity contribution < 1.29 is 22.4 Å². The lowest BCUT2D eigenvalue weighted by Crippen LogP contribution is -2.34. The molecule has 160 valence electrons. The van der Waals surface area contributed by atoms with E-state index in [0.29, 0.717) is 23.1 Å². The molecule has 0 fully saturated rings. The molecule has 1 heterocycles. The third kappa shape index (κ3) is 5.01. The first-order valence-corrected chi connectivity index (χ1v) is 11.5. The fraction of sp³-hybridized carbons (Fsp3) is 0.318. The number of hydrogen-bond donors (Lipinski definition) is 1. The van der Waals surface area contributed by atoms with E-state index in [1.807, 2.05) is 43.3 Å². The molecule has 30 heavy (non-hydrogen) atoms. The average Bonchev–Trinajstić information content (AvgIpc) is 3.05. The van der Waals surface area contributed by atoms with Crippen LogP contribution in [0.25, 0.3) is 11.0 Å². The van der Waals surface area contributed by atoms with E-state index in [1.165, 1.54) is 0 Å². The average molecular weight is 431 g/mol. The Labute approximate surface area is 176 Å². The Kier molecular flexibility index (Phi) is 6.48. The topological polar surface area (TPSA) is 88.8 Å². The highest BCUT2D eigenvalue weighted by Gasteiger charge is 2.24. The van der Waals surface area contributed by atoms with Crippen LogP contribution in [-0.2, 0) is 15.6 Å². The Morgan fingerprint density at radius 1 is 1.13 bits per heavy atom. The Bertz CT molecular complexity index is 1130. The van der Waals surface area contributed by atoms with Crippen molar-refractivity contribution in [2.45, 2.75) is 11.8 Å². The number of rotatable bonds is 8. The summed E-state index contributed by atoms with van der Waals surface area (Å²) in [5, 5.41) is 3.53. The van der Waals surface area contributed by atoms with E-state index in [9.17, 15) is 13.2 Å². The fourth-order valence-corrected chi connectivity index (χ4v) is 4.19. The Hall–Kier alpha value is -2.84. The van der Waals surface area contributed by atoms with Crippen LogP contribution in [0.15, 0.2) is 52.9 Å². The van der Waals surface area contributed by atoms with Crippen LogP contribution in [0.5, 0.6) is 5.75 Å². The Balaban J connectivity index is 1.85. The summed E-state index contributed by atoms with van der Waals surface area (Å²) in [6, 6.07) is 14.6. The van der Waals surface area contributed by atoms with Crippen molar-refractivity contribution in [3.05, 3.63) is 65.4 Å². The minimum atomic E-state index is -3.35. The summed E-state index contributed by atoms with van der Waals surface area (Å²) in [5.74, 6) is 0.0922. The minimum absolute atomic E-state index is 0.0360. The number of sulfone groups is 1. The van der Waals surface area contributed by atoms with Gasteiger partial charge in [-0.25, -0.2) is 8.42 Å². The monoisotopic (exact) mass is 430 g/mol. The van der Waals surface area contributed by atoms with Crippen molar-refractivity contribution in [2.75, 3.05) is 34.0 Å². The van der Waals surface area contributed by atoms with Crippen LogP contribution in [0.4, 0.5) is 0 Å². The van der Waals surface area contributed by atoms with Gasteiger partial charge in [0.25, 0.3) is 5.91 Å². The van der Waals surface area contributed by atoms with E-state index in [1.54, 1.807) is 31.4 Å². The molecule has 0 saturated heterocycles. The van der Waals surface area contributed by atoms with Crippen LogP contribution in [0.3, 0.4) is 0 Å². The summed E-state index contributed by atoms with van der Waals surface area (Å²) in [6.07, 6.45) is 1.14. The largest absolute Gasteiger partial charge is 0.497 e. The lowest BCUT2D eigenvalue weighted by molar-refractivity contribution is 0.0915. The van der Waals surface area contributed by atoms with Gasteiger partial charge < -0.3 is 19.4 Å². The number of methoxy groups -OCH3 is 1. The van der Waals surface area contributed by atoms with Crippen LogP contribution in [-0.4, -0.2) is 53.2 Å². The first-order chi connectivity index (χ1) is 14.2. The van der Waals surface area contributed by atoms with Gasteiger partial charge in [-0.05, 0) is 37.9 Å². The highest BCUT2D eigenvalue weighted by atomic mass is 32.2. The van der Waals surface area contributed by atoms with E-state index in [2.05, 4.69) is 5.32 Å². The third-order valence-electron chi connectivity index (χ3n) is 4.89. The van der Waals surface area contributed by atoms with Crippen molar-refractivity contribution in [3.8, 4) is 5.75 Å². The smallest absolute Gasteiger partial charge is 0.287 e. The molecule has 1 N–H and O–H groups in total. The molecule has 1 atom stereocenters. The number of ether oxygens (including phenoxy) is 1. The van der Waals surface area contributed by atoms with Gasteiger partial charge in [0.1, 0.15) is 11.3 Å². The van der Waals surface area contributed by atoms with Crippen molar-refractivity contribution >= 4 is 26.7 Å². The molecule has 1 amide bonds. The first-order valence-electron chi connectivity index (χ1n) is 9.46. The molecule has 1 aromatic heterocycles. The molecule has 0 spiro atoms. The standard InChI is InChI=1S/C22H26N2O5S/c1-24(2)19(15-9-11-16(28-3)12-10-15)13-23-22(25)21-18(14-30(4,26)27)17-7-5-6-8-20(17)29-21/h5-12,19H,13-14H2,1-4H3,(H,23,25). The van der Waals surface area contributed by atoms with Gasteiger partial charge in [0.05, 0.1) is 18.9 Å². The molecule has 7 nitrogen and oxygen atoms in total. The van der Waals surface area contributed by atoms with Crippen molar-refractivity contribution in [1.29, 1.82) is 0 Å². The van der Waals surface area contributed by atoms with Crippen molar-refractivity contribution in [1.82, 2.24) is 10.2 Å². The van der Waals surface area contributed by atoms with Crippen LogP contribution >= 0.6 is 0 Å². The highest BCUT2D eigenvalue weighted by molar-refractivity contribution is 7.89. The summed E-state index contributed by atoms with van der Waals surface area (Å²) in [6.45, 7) is 0.327. The van der Waals surface area contributed by atoms with Gasteiger partial charge in [0, 0.05) is 23.8 Å². The number of furan rings is 1. The van der Waals surface area contributed by atoms with Crippen LogP contribution in [0, 0.1) is 0 Å². The zero-order valence-electron chi connectivity index (χ0n) is 17.5. The predicted molar refractivity (Wildman–Crippen MR) is 117 cm³/mol. The number of benzene rings is 2. The quantitative estimate of drug-likeness (QED) is 0.591. The van der Waals surface area contributed by atoms with Crippen LogP contribution in [0.2, 0.25) is 0 Å². The van der Waals surface area contributed by atoms with E-state index in [-0.39, 0.29) is 17.6 Å². The Morgan fingerprint density at radius 3 is 2.40 bits per heavy atom. The SMILES string of the molecule is COc1ccc(C(CNC(=O)c2oc3ccccc3c2CS(C)(=O)=O)N(C)C)cc1. The lowest BCUT2D eigenvalue weighted by Gasteiger charge is -2.25. The number of nitrogens with zero attached hydrogens (tertiary/aromatic N) is 1. The van der Waals surface area contributed by atoms with Gasteiger partial charge in [0.15, 0.2) is 15.6 Å². The van der Waals surface area contributed by atoms with E-state index >= 15 is 0 Å². The zero-order chi connectivity index (χ0) is 21.9. The molecule has 3 rings (SSSR count). The van der Waals surface area contributed by atoms with E-state index in [4.69, 9.17) is 9.15 Å². The number of fused-ring (bicyclic) bond motifs is 1. The van der Waals surface area contributed by atoms with E-state index in [0.717, 1.165) is 17.6 Å². The maximum Gasteiger partial charge on any atom is 0.287 e. The predicted octanol–water partition coefficient (Wildman–Crippen LogP) is 3.02. The molecule has 0 radical (unpaired) electrons. The molecule has 8 heteroatoms. The number of hydrogen-bond acceptors (Lipinski definition) is 6. The number of amides is 1. The summed E-state index contributed by atoms with van der Waals surface area (Å²) >= 11 is 0. The molecule has 3 aromatic rings. The van der Waals surface area contributed by atoms with Gasteiger partial charge >= 0.3 is 0 Å². The summed E-state index contributed by atoms with van der Waals surface area (Å²) in [7, 11) is 2.12. The molecule has 0 aliphatic rings. The molecular formula is C22H26N2O5S. The maximum atomic E-state index is 12.9. The van der Waals surface area contributed by atoms with Crippen LogP contribution in [0.1, 0.15) is 27.7 Å². The number of carbonyl (C=O) groups excluding carboxylic acids is 1. The lowest BCUT2D eigenvalue weighted by atomic mass is 10.1. The summed E-state index contributed by atoms with van der Waals surface area (Å²) in [5.41, 5.74) is 1.89. The summed E-state index contributed by atoms with van der Waals surface area (Å²) < 4.78 is 34.8. The number of likely N-dealkylation sites (N-methyl/N-ethyl adjacent to an activating group) is 1. The van der Waals surface area contributed by atoms with Gasteiger partial charge in [0.2, 0.25) is 0 Å². The molecule has 0 aliphatic heterocycles. The molecular weight excluding hydrogens is 404 g/mol. The normalized spacial score (nSPS) is 12.8. The molecule has 0 bridgehead atoms. The second-order valence-corrected chi connectivity index (χ2v) is 9.58. The third-order valence-corrected chi connectivity index (χ3v) is 5.70. The maximum absolute atomic E-state index is 12.9. The highest BCUT2D eigenvalue weighted by Crippen LogP contribution is 2.28. The van der Waals surface area contributed by atoms with Crippen molar-refractivity contribution in [2.24, 2.45) is 0 Å². The second-order valence-electron chi connectivity index (χ2n) is 7.44. The summed E-state index contributed by atoms with van der Waals surface area (Å²) in [4.78, 5) is 14.9. The van der Waals surface area contributed by atoms with Crippen LogP contribution < -0.4 is 10.1 Å². The number of carbonyl (C=O) groups is 1. The van der Waals surface area contributed by atoms with Gasteiger partial charge in [-0.3, -0.25) is 4.79 Å². The van der Waals surface area contributed by atoms with Gasteiger partial charge in [-0.15, -0.1) is 0 Å². The fourth-order valence-electron chi connectivity index (χ4n) is 3.38. The number of nitrogens with one attached hydrogen (secondary N) is 1. The molecule has 2 aromatic carbocycles. The molecule has 0 saturated carbocycles. The minimum Gasteiger partial charge on any atom is -0.497 e. The molecule has 1 unspecified atom stereocenters. The van der Waals surface area contributed by atoms with E-state index < -0.39 is 15.7 Å². The van der Waals surface area contributed by atoms with Gasteiger partial charge in [-0.1, -0.05) is 30.3 Å². The second kappa shape index (κ2) is 8.89. The zero-order valence-corrected chi connectivity index (χ0v) is 18.3. The number of para-hydroxylation sites is 1. The molecule has 0 aliphatic carbocycles. The van der Waals surface area contributed by atoms with Crippen molar-refractivity contribution in [3.63, 3.8) is 0 Å².